The first-order valence-corrected chi connectivity index (χ1v) is 3.11. The fraction of sp³-hybridized carbons (Fsp3) is 0.400. The molecule has 0 bridgehead atoms. The maximum Gasteiger partial charge on any atom is 0.292 e. The predicted molar refractivity (Wildman–Crippen MR) is 35.5 cm³/mol. The number of halogens is 1. The molecule has 56 valence electrons. The maximum absolute atomic E-state index is 9.04. The molecule has 0 aliphatic heterocycles. The molecule has 1 atom stereocenters. The van der Waals surface area contributed by atoms with Crippen LogP contribution in [0.25, 0.3) is 0 Å². The molecule has 0 aliphatic carbocycles. The summed E-state index contributed by atoms with van der Waals surface area (Å²) in [4.78, 5) is 3.65. The zero-order valence-electron chi connectivity index (χ0n) is 5.12. The van der Waals surface area contributed by atoms with Crippen molar-refractivity contribution >= 4 is 11.6 Å². The highest BCUT2D eigenvalue weighted by molar-refractivity contribution is 6.27. The molecule has 0 amide bonds. The van der Waals surface area contributed by atoms with Crippen LogP contribution in [0.3, 0.4) is 0 Å². The Morgan fingerprint density at radius 2 is 2.60 bits per heavy atom. The van der Waals surface area contributed by atoms with E-state index in [1.807, 2.05) is 0 Å². The van der Waals surface area contributed by atoms with Gasteiger partial charge in [0.15, 0.2) is 0 Å². The fourth-order valence-electron chi connectivity index (χ4n) is 0.537. The van der Waals surface area contributed by atoms with E-state index in [2.05, 4.69) is 9.40 Å². The highest BCUT2D eigenvalue weighted by Crippen LogP contribution is 2.13. The van der Waals surface area contributed by atoms with Crippen LogP contribution in [-0.2, 0) is 0 Å². The number of aliphatic hydroxyl groups excluding tert-OH is 1. The Hall–Kier alpha value is -0.580. The summed E-state index contributed by atoms with van der Waals surface area (Å²) in [6, 6.07) is 0. The first-order chi connectivity index (χ1) is 4.74. The molecule has 0 aliphatic rings. The minimum atomic E-state index is -0.781. The topological polar surface area (TPSA) is 72.3 Å². The molecular weight excluding hydrogens is 156 g/mol. The van der Waals surface area contributed by atoms with Gasteiger partial charge in [0.25, 0.3) is 5.35 Å². The molecule has 0 radical (unpaired) electrons. The van der Waals surface area contributed by atoms with E-state index in [-0.39, 0.29) is 11.9 Å². The Kier molecular flexibility index (Phi) is 2.26. The van der Waals surface area contributed by atoms with Crippen molar-refractivity contribution < 1.29 is 9.52 Å². The SMILES string of the molecule is NCC(O)c1coc(Cl)n1. The summed E-state index contributed by atoms with van der Waals surface area (Å²) in [7, 11) is 0. The zero-order chi connectivity index (χ0) is 7.56. The minimum Gasteiger partial charge on any atom is -0.436 e. The Bertz CT molecular complexity index is 213. The van der Waals surface area contributed by atoms with Crippen LogP contribution in [0.2, 0.25) is 5.35 Å². The van der Waals surface area contributed by atoms with Crippen molar-refractivity contribution in [2.45, 2.75) is 6.10 Å². The smallest absolute Gasteiger partial charge is 0.292 e. The number of rotatable bonds is 2. The molecule has 1 aromatic heterocycles. The maximum atomic E-state index is 9.04. The number of nitrogens with two attached hydrogens (primary N) is 1. The van der Waals surface area contributed by atoms with Crippen molar-refractivity contribution in [3.63, 3.8) is 0 Å². The Labute approximate surface area is 62.6 Å². The predicted octanol–water partition coefficient (Wildman–Crippen LogP) is 0.320. The van der Waals surface area contributed by atoms with Crippen molar-refractivity contribution in [3.8, 4) is 0 Å². The van der Waals surface area contributed by atoms with Crippen LogP contribution in [0.1, 0.15) is 11.8 Å². The van der Waals surface area contributed by atoms with E-state index >= 15 is 0 Å². The molecule has 0 fully saturated rings. The summed E-state index contributed by atoms with van der Waals surface area (Å²) in [6.45, 7) is 0.114. The molecule has 0 saturated carbocycles. The second-order valence-electron chi connectivity index (χ2n) is 1.78. The molecule has 4 nitrogen and oxygen atoms in total. The van der Waals surface area contributed by atoms with E-state index in [1.165, 1.54) is 6.26 Å². The third-order valence-corrected chi connectivity index (χ3v) is 1.23. The minimum absolute atomic E-state index is 0.0162. The lowest BCUT2D eigenvalue weighted by molar-refractivity contribution is 0.181. The van der Waals surface area contributed by atoms with Gasteiger partial charge in [0.05, 0.1) is 0 Å². The van der Waals surface area contributed by atoms with Gasteiger partial charge in [-0.3, -0.25) is 0 Å². The summed E-state index contributed by atoms with van der Waals surface area (Å²) >= 11 is 5.33. The summed E-state index contributed by atoms with van der Waals surface area (Å²) in [5, 5.41) is 9.05. The Morgan fingerprint density at radius 1 is 1.90 bits per heavy atom. The van der Waals surface area contributed by atoms with Gasteiger partial charge in [-0.15, -0.1) is 0 Å². The molecule has 1 unspecified atom stereocenters. The van der Waals surface area contributed by atoms with E-state index in [9.17, 15) is 0 Å². The van der Waals surface area contributed by atoms with Gasteiger partial charge in [0, 0.05) is 6.54 Å². The Balaban J connectivity index is 2.74. The number of aliphatic hydroxyl groups is 1. The van der Waals surface area contributed by atoms with E-state index in [0.717, 1.165) is 0 Å². The van der Waals surface area contributed by atoms with Crippen molar-refractivity contribution in [1.29, 1.82) is 0 Å². The highest BCUT2D eigenvalue weighted by atomic mass is 35.5. The van der Waals surface area contributed by atoms with Gasteiger partial charge in [-0.1, -0.05) is 0 Å². The molecule has 1 aromatic rings. The van der Waals surface area contributed by atoms with Crippen LogP contribution >= 0.6 is 11.6 Å². The molecule has 3 N–H and O–H groups in total. The standard InChI is InChI=1S/C5H7ClN2O2/c6-5-8-3(2-10-5)4(9)1-7/h2,4,9H,1,7H2. The quantitative estimate of drug-likeness (QED) is 0.657. The number of oxazole rings is 1. The lowest BCUT2D eigenvalue weighted by Crippen LogP contribution is -2.11. The average molecular weight is 163 g/mol. The Morgan fingerprint density at radius 3 is 3.00 bits per heavy atom. The molecule has 5 heteroatoms. The van der Waals surface area contributed by atoms with Gasteiger partial charge in [-0.25, -0.2) is 4.98 Å². The highest BCUT2D eigenvalue weighted by Gasteiger charge is 2.09. The molecule has 10 heavy (non-hydrogen) atoms. The van der Waals surface area contributed by atoms with E-state index in [0.29, 0.717) is 5.69 Å². The normalized spacial score (nSPS) is 13.5. The third-order valence-electron chi connectivity index (χ3n) is 1.06. The van der Waals surface area contributed by atoms with Crippen molar-refractivity contribution in [3.05, 3.63) is 17.3 Å². The zero-order valence-corrected chi connectivity index (χ0v) is 5.88. The van der Waals surface area contributed by atoms with Crippen molar-refractivity contribution in [2.75, 3.05) is 6.54 Å². The number of hydrogen-bond donors (Lipinski definition) is 2. The lowest BCUT2D eigenvalue weighted by Gasteiger charge is -1.99. The molecule has 0 aromatic carbocycles. The van der Waals surface area contributed by atoms with Gasteiger partial charge in [-0.05, 0) is 11.6 Å². The molecule has 1 heterocycles. The van der Waals surface area contributed by atoms with Crippen LogP contribution in [0.4, 0.5) is 0 Å². The monoisotopic (exact) mass is 162 g/mol. The average Bonchev–Trinajstić information content (AvgIpc) is 2.34. The molecule has 0 saturated heterocycles. The number of hydrogen-bond acceptors (Lipinski definition) is 4. The summed E-state index contributed by atoms with van der Waals surface area (Å²) in [5.41, 5.74) is 5.51. The van der Waals surface area contributed by atoms with Gasteiger partial charge in [0.2, 0.25) is 0 Å². The first-order valence-electron chi connectivity index (χ1n) is 2.73. The second-order valence-corrected chi connectivity index (χ2v) is 2.10. The number of nitrogens with zero attached hydrogens (tertiary/aromatic N) is 1. The van der Waals surface area contributed by atoms with Gasteiger partial charge in [0.1, 0.15) is 18.1 Å². The fourth-order valence-corrected chi connectivity index (χ4v) is 0.679. The van der Waals surface area contributed by atoms with Crippen LogP contribution in [-0.4, -0.2) is 16.6 Å². The van der Waals surface area contributed by atoms with Gasteiger partial charge < -0.3 is 15.3 Å². The molecular formula is C5H7ClN2O2. The summed E-state index contributed by atoms with van der Waals surface area (Å²) in [6.07, 6.45) is 0.496. The van der Waals surface area contributed by atoms with Crippen molar-refractivity contribution in [2.24, 2.45) is 5.73 Å². The van der Waals surface area contributed by atoms with E-state index in [4.69, 9.17) is 22.4 Å². The number of aromatic nitrogens is 1. The first kappa shape index (κ1) is 7.53. The van der Waals surface area contributed by atoms with Gasteiger partial charge >= 0.3 is 0 Å². The molecule has 1 rings (SSSR count). The van der Waals surface area contributed by atoms with Crippen LogP contribution in [0, 0.1) is 0 Å². The molecule has 0 spiro atoms. The van der Waals surface area contributed by atoms with Crippen LogP contribution in [0.15, 0.2) is 10.7 Å². The van der Waals surface area contributed by atoms with Crippen LogP contribution < -0.4 is 5.73 Å². The largest absolute Gasteiger partial charge is 0.436 e. The summed E-state index contributed by atoms with van der Waals surface area (Å²) < 4.78 is 4.63. The van der Waals surface area contributed by atoms with Crippen molar-refractivity contribution in [1.82, 2.24) is 4.98 Å². The van der Waals surface area contributed by atoms with E-state index in [1.54, 1.807) is 0 Å². The second kappa shape index (κ2) is 3.01. The lowest BCUT2D eigenvalue weighted by atomic mass is 10.3. The third kappa shape index (κ3) is 1.47. The van der Waals surface area contributed by atoms with Crippen LogP contribution in [0.5, 0.6) is 0 Å². The van der Waals surface area contributed by atoms with Gasteiger partial charge in [-0.2, -0.15) is 0 Å². The summed E-state index contributed by atoms with van der Waals surface area (Å²) in [5.74, 6) is 0. The van der Waals surface area contributed by atoms with E-state index < -0.39 is 6.10 Å².